The Balaban J connectivity index is 1.93. The van der Waals surface area contributed by atoms with Crippen LogP contribution in [-0.4, -0.2) is 22.1 Å². The number of benzene rings is 1. The van der Waals surface area contributed by atoms with E-state index in [1.54, 1.807) is 12.1 Å². The summed E-state index contributed by atoms with van der Waals surface area (Å²) in [6.45, 7) is 4.16. The van der Waals surface area contributed by atoms with Crippen molar-refractivity contribution in [1.29, 1.82) is 0 Å². The Morgan fingerprint density at radius 1 is 1.20 bits per heavy atom. The summed E-state index contributed by atoms with van der Waals surface area (Å²) in [6.07, 6.45) is 1.01. The number of anilines is 1. The van der Waals surface area contributed by atoms with E-state index in [4.69, 9.17) is 0 Å². The van der Waals surface area contributed by atoms with Crippen LogP contribution in [0.15, 0.2) is 35.2 Å². The maximum atomic E-state index is 11.6. The molecule has 0 bridgehead atoms. The Morgan fingerprint density at radius 2 is 1.90 bits per heavy atom. The molecule has 2 N–H and O–H groups in total. The van der Waals surface area contributed by atoms with Crippen LogP contribution >= 0.6 is 0 Å². The second-order valence-corrected chi connectivity index (χ2v) is 4.44. The first-order chi connectivity index (χ1) is 9.56. The van der Waals surface area contributed by atoms with Gasteiger partial charge >= 0.3 is 11.9 Å². The second-order valence-electron chi connectivity index (χ2n) is 4.44. The van der Waals surface area contributed by atoms with Crippen molar-refractivity contribution in [1.82, 2.24) is 15.5 Å². The molecule has 2 rings (SSSR count). The van der Waals surface area contributed by atoms with Gasteiger partial charge in [-0.15, -0.1) is 0 Å². The average molecular weight is 274 g/mol. The van der Waals surface area contributed by atoms with Gasteiger partial charge in [0.2, 0.25) is 6.39 Å². The fourth-order valence-corrected chi connectivity index (χ4v) is 1.54. The van der Waals surface area contributed by atoms with Gasteiger partial charge < -0.3 is 9.84 Å². The SMILES string of the molecule is CC(C)c1ccc(NC(=O)NC(=O)c2ncon2)cc1. The van der Waals surface area contributed by atoms with E-state index in [9.17, 15) is 9.59 Å². The number of aromatic nitrogens is 2. The fraction of sp³-hybridized carbons (Fsp3) is 0.231. The lowest BCUT2D eigenvalue weighted by atomic mass is 10.0. The molecule has 1 aromatic carbocycles. The molecule has 3 amide bonds. The fourth-order valence-electron chi connectivity index (χ4n) is 1.54. The number of hydrogen-bond donors (Lipinski definition) is 2. The Bertz CT molecular complexity index is 591. The molecule has 1 heterocycles. The lowest BCUT2D eigenvalue weighted by Gasteiger charge is -2.08. The zero-order valence-corrected chi connectivity index (χ0v) is 11.1. The first kappa shape index (κ1) is 13.7. The number of imide groups is 1. The summed E-state index contributed by atoms with van der Waals surface area (Å²) < 4.78 is 4.42. The van der Waals surface area contributed by atoms with Crippen LogP contribution in [0.2, 0.25) is 0 Å². The van der Waals surface area contributed by atoms with Crippen molar-refractivity contribution in [2.75, 3.05) is 5.32 Å². The molecule has 104 valence electrons. The molecule has 0 saturated carbocycles. The third-order valence-corrected chi connectivity index (χ3v) is 2.63. The summed E-state index contributed by atoms with van der Waals surface area (Å²) in [5, 5.41) is 7.97. The predicted molar refractivity (Wildman–Crippen MR) is 71.3 cm³/mol. The Labute approximate surface area is 115 Å². The van der Waals surface area contributed by atoms with Gasteiger partial charge in [0.1, 0.15) is 0 Å². The van der Waals surface area contributed by atoms with Crippen molar-refractivity contribution in [2.24, 2.45) is 0 Å². The Kier molecular flexibility index (Phi) is 4.09. The highest BCUT2D eigenvalue weighted by atomic mass is 16.5. The Hall–Kier alpha value is -2.70. The number of carbonyl (C=O) groups is 2. The third kappa shape index (κ3) is 3.41. The average Bonchev–Trinajstić information content (AvgIpc) is 2.93. The predicted octanol–water partition coefficient (Wildman–Crippen LogP) is 2.15. The molecule has 20 heavy (non-hydrogen) atoms. The van der Waals surface area contributed by atoms with Crippen molar-refractivity contribution in [2.45, 2.75) is 19.8 Å². The number of nitrogens with one attached hydrogen (secondary N) is 2. The monoisotopic (exact) mass is 274 g/mol. The van der Waals surface area contributed by atoms with Gasteiger partial charge in [-0.1, -0.05) is 31.1 Å². The zero-order chi connectivity index (χ0) is 14.5. The minimum atomic E-state index is -0.727. The van der Waals surface area contributed by atoms with Crippen LogP contribution in [0.4, 0.5) is 10.5 Å². The summed E-state index contributed by atoms with van der Waals surface area (Å²) in [6, 6.07) is 6.72. The topological polar surface area (TPSA) is 97.1 Å². The second kappa shape index (κ2) is 5.96. The van der Waals surface area contributed by atoms with Crippen molar-refractivity contribution < 1.29 is 14.1 Å². The highest BCUT2D eigenvalue weighted by Gasteiger charge is 2.14. The van der Waals surface area contributed by atoms with E-state index in [1.807, 2.05) is 12.1 Å². The van der Waals surface area contributed by atoms with E-state index in [-0.39, 0.29) is 5.82 Å². The third-order valence-electron chi connectivity index (χ3n) is 2.63. The number of nitrogens with zero attached hydrogens (tertiary/aromatic N) is 2. The van der Waals surface area contributed by atoms with Crippen LogP contribution in [0, 0.1) is 0 Å². The maximum Gasteiger partial charge on any atom is 0.326 e. The number of amides is 3. The largest absolute Gasteiger partial charge is 0.342 e. The van der Waals surface area contributed by atoms with Crippen LogP contribution < -0.4 is 10.6 Å². The molecular formula is C13H14N4O3. The van der Waals surface area contributed by atoms with Crippen molar-refractivity contribution in [3.63, 3.8) is 0 Å². The molecule has 0 aliphatic rings. The number of hydrogen-bond acceptors (Lipinski definition) is 5. The first-order valence-electron chi connectivity index (χ1n) is 6.05. The normalized spacial score (nSPS) is 10.3. The minimum absolute atomic E-state index is 0.199. The van der Waals surface area contributed by atoms with E-state index in [1.165, 1.54) is 5.56 Å². The molecule has 0 saturated heterocycles. The molecule has 7 nitrogen and oxygen atoms in total. The molecule has 0 unspecified atom stereocenters. The van der Waals surface area contributed by atoms with E-state index >= 15 is 0 Å². The smallest absolute Gasteiger partial charge is 0.326 e. The van der Waals surface area contributed by atoms with Crippen LogP contribution in [0.5, 0.6) is 0 Å². The highest BCUT2D eigenvalue weighted by Crippen LogP contribution is 2.16. The highest BCUT2D eigenvalue weighted by molar-refractivity contribution is 6.06. The van der Waals surface area contributed by atoms with Crippen LogP contribution in [0.3, 0.4) is 0 Å². The molecular weight excluding hydrogens is 260 g/mol. The number of urea groups is 1. The molecule has 0 fully saturated rings. The quantitative estimate of drug-likeness (QED) is 0.893. The van der Waals surface area contributed by atoms with Gasteiger partial charge in [-0.05, 0) is 23.6 Å². The molecule has 0 radical (unpaired) electrons. The van der Waals surface area contributed by atoms with E-state index in [2.05, 4.69) is 39.1 Å². The van der Waals surface area contributed by atoms with Gasteiger partial charge in [0.15, 0.2) is 0 Å². The summed E-state index contributed by atoms with van der Waals surface area (Å²) in [4.78, 5) is 26.6. The number of carbonyl (C=O) groups excluding carboxylic acids is 2. The summed E-state index contributed by atoms with van der Waals surface area (Å²) in [5.74, 6) is -0.511. The zero-order valence-electron chi connectivity index (χ0n) is 11.1. The van der Waals surface area contributed by atoms with Gasteiger partial charge in [0, 0.05) is 5.69 Å². The summed E-state index contributed by atoms with van der Waals surface area (Å²) >= 11 is 0. The van der Waals surface area contributed by atoms with E-state index < -0.39 is 11.9 Å². The molecule has 1 aromatic heterocycles. The van der Waals surface area contributed by atoms with Gasteiger partial charge in [-0.3, -0.25) is 10.1 Å². The van der Waals surface area contributed by atoms with Gasteiger partial charge in [-0.2, -0.15) is 4.98 Å². The molecule has 7 heteroatoms. The Morgan fingerprint density at radius 3 is 2.45 bits per heavy atom. The standard InChI is InChI=1S/C13H14N4O3/c1-8(2)9-3-5-10(6-4-9)15-13(19)16-12(18)11-14-7-20-17-11/h3-8H,1-2H3,(H2,15,16,18,19). The lowest BCUT2D eigenvalue weighted by molar-refractivity contribution is 0.0954. The van der Waals surface area contributed by atoms with Crippen molar-refractivity contribution in [3.05, 3.63) is 42.0 Å². The number of rotatable bonds is 3. The molecule has 0 aliphatic heterocycles. The van der Waals surface area contributed by atoms with Gasteiger partial charge in [0.25, 0.3) is 5.82 Å². The lowest BCUT2D eigenvalue weighted by Crippen LogP contribution is -2.34. The van der Waals surface area contributed by atoms with E-state index in [0.717, 1.165) is 6.39 Å². The van der Waals surface area contributed by atoms with Crippen molar-refractivity contribution >= 4 is 17.6 Å². The molecule has 0 atom stereocenters. The van der Waals surface area contributed by atoms with Crippen LogP contribution in [0.1, 0.15) is 35.9 Å². The maximum absolute atomic E-state index is 11.6. The first-order valence-corrected chi connectivity index (χ1v) is 6.05. The molecule has 0 aliphatic carbocycles. The van der Waals surface area contributed by atoms with E-state index in [0.29, 0.717) is 11.6 Å². The molecule has 0 spiro atoms. The van der Waals surface area contributed by atoms with Crippen LogP contribution in [-0.2, 0) is 0 Å². The summed E-state index contributed by atoms with van der Waals surface area (Å²) in [5.41, 5.74) is 1.76. The molecule has 2 aromatic rings. The van der Waals surface area contributed by atoms with Gasteiger partial charge in [0.05, 0.1) is 0 Å². The van der Waals surface area contributed by atoms with Crippen LogP contribution in [0.25, 0.3) is 0 Å². The van der Waals surface area contributed by atoms with Crippen molar-refractivity contribution in [3.8, 4) is 0 Å². The van der Waals surface area contributed by atoms with Gasteiger partial charge in [-0.25, -0.2) is 4.79 Å². The minimum Gasteiger partial charge on any atom is -0.342 e. The summed E-state index contributed by atoms with van der Waals surface area (Å²) in [7, 11) is 0.